The Morgan fingerprint density at radius 3 is 2.59 bits per heavy atom. The van der Waals surface area contributed by atoms with E-state index in [1.54, 1.807) is 13.1 Å². The van der Waals surface area contributed by atoms with Crippen LogP contribution in [0.4, 0.5) is 0 Å². The van der Waals surface area contributed by atoms with Gasteiger partial charge in [-0.2, -0.15) is 4.31 Å². The van der Waals surface area contributed by atoms with Crippen LogP contribution < -0.4 is 0 Å². The first-order valence-corrected chi connectivity index (χ1v) is 9.53. The molecule has 0 aromatic heterocycles. The number of rotatable bonds is 4. The van der Waals surface area contributed by atoms with Crippen molar-refractivity contribution in [2.24, 2.45) is 0 Å². The topological polar surface area (TPSA) is 37.4 Å². The van der Waals surface area contributed by atoms with Gasteiger partial charge in [-0.3, -0.25) is 0 Å². The van der Waals surface area contributed by atoms with Crippen molar-refractivity contribution in [1.82, 2.24) is 4.31 Å². The van der Waals surface area contributed by atoms with E-state index < -0.39 is 10.0 Å². The Morgan fingerprint density at radius 2 is 1.82 bits per heavy atom. The maximum absolute atomic E-state index is 12.8. The number of benzene rings is 2. The average molecular weight is 380 g/mol. The number of halogens is 1. The van der Waals surface area contributed by atoms with Crippen LogP contribution in [-0.4, -0.2) is 19.8 Å². The van der Waals surface area contributed by atoms with Gasteiger partial charge in [0, 0.05) is 18.1 Å². The summed E-state index contributed by atoms with van der Waals surface area (Å²) in [7, 11) is -1.84. The molecule has 0 fully saturated rings. The molecular formula is C17H18BrNO2S. The summed E-state index contributed by atoms with van der Waals surface area (Å²) in [6, 6.07) is 13.2. The van der Waals surface area contributed by atoms with Gasteiger partial charge in [0.2, 0.25) is 10.0 Å². The number of sulfonamides is 1. The Kier molecular flexibility index (Phi) is 4.39. The van der Waals surface area contributed by atoms with Crippen molar-refractivity contribution < 1.29 is 8.42 Å². The lowest BCUT2D eigenvalue weighted by atomic mass is 10.1. The predicted molar refractivity (Wildman–Crippen MR) is 91.3 cm³/mol. The smallest absolute Gasteiger partial charge is 0.207 e. The molecule has 1 aliphatic carbocycles. The van der Waals surface area contributed by atoms with Crippen LogP contribution in [0.15, 0.2) is 51.8 Å². The standard InChI is InChI=1S/C17H18BrNO2S/c1-19(12-15-5-2-3-8-17(15)18)22(20,21)16-10-9-13-6-4-7-14(13)11-16/h2-3,5,8-11H,4,6-7,12H2,1H3. The molecule has 0 spiro atoms. The van der Waals surface area contributed by atoms with E-state index in [1.807, 2.05) is 36.4 Å². The van der Waals surface area contributed by atoms with Crippen LogP contribution in [0.3, 0.4) is 0 Å². The molecule has 0 atom stereocenters. The number of nitrogens with zero attached hydrogens (tertiary/aromatic N) is 1. The largest absolute Gasteiger partial charge is 0.243 e. The van der Waals surface area contributed by atoms with E-state index in [-0.39, 0.29) is 0 Å². The third kappa shape index (κ3) is 2.98. The molecule has 3 nitrogen and oxygen atoms in total. The van der Waals surface area contributed by atoms with Crippen LogP contribution in [-0.2, 0) is 29.4 Å². The van der Waals surface area contributed by atoms with Gasteiger partial charge < -0.3 is 0 Å². The van der Waals surface area contributed by atoms with Crippen LogP contribution in [0, 0.1) is 0 Å². The Bertz CT molecular complexity index is 802. The minimum absolute atomic E-state index is 0.348. The average Bonchev–Trinajstić information content (AvgIpc) is 2.97. The Morgan fingerprint density at radius 1 is 1.09 bits per heavy atom. The molecule has 0 radical (unpaired) electrons. The Hall–Kier alpha value is -1.17. The minimum atomic E-state index is -3.46. The van der Waals surface area contributed by atoms with E-state index in [0.29, 0.717) is 11.4 Å². The zero-order chi connectivity index (χ0) is 15.7. The number of hydrogen-bond donors (Lipinski definition) is 0. The Balaban J connectivity index is 1.88. The molecule has 1 aliphatic rings. The van der Waals surface area contributed by atoms with Gasteiger partial charge in [0.05, 0.1) is 4.90 Å². The molecule has 116 valence electrons. The van der Waals surface area contributed by atoms with Gasteiger partial charge in [-0.05, 0) is 54.2 Å². The van der Waals surface area contributed by atoms with Crippen LogP contribution in [0.2, 0.25) is 0 Å². The zero-order valence-electron chi connectivity index (χ0n) is 12.4. The highest BCUT2D eigenvalue weighted by molar-refractivity contribution is 9.10. The highest BCUT2D eigenvalue weighted by atomic mass is 79.9. The molecule has 0 bridgehead atoms. The lowest BCUT2D eigenvalue weighted by molar-refractivity contribution is 0.466. The number of fused-ring (bicyclic) bond motifs is 1. The van der Waals surface area contributed by atoms with E-state index in [4.69, 9.17) is 0 Å². The van der Waals surface area contributed by atoms with Gasteiger partial charge in [0.15, 0.2) is 0 Å². The summed E-state index contributed by atoms with van der Waals surface area (Å²) in [5.41, 5.74) is 3.41. The fraction of sp³-hybridized carbons (Fsp3) is 0.294. The van der Waals surface area contributed by atoms with Crippen LogP contribution in [0.25, 0.3) is 0 Å². The van der Waals surface area contributed by atoms with Crippen LogP contribution >= 0.6 is 15.9 Å². The highest BCUT2D eigenvalue weighted by Crippen LogP contribution is 2.27. The highest BCUT2D eigenvalue weighted by Gasteiger charge is 2.23. The summed E-state index contributed by atoms with van der Waals surface area (Å²) in [4.78, 5) is 0.391. The van der Waals surface area contributed by atoms with Gasteiger partial charge in [0.25, 0.3) is 0 Å². The summed E-state index contributed by atoms with van der Waals surface area (Å²) in [5.74, 6) is 0. The zero-order valence-corrected chi connectivity index (χ0v) is 14.8. The van der Waals surface area contributed by atoms with Crippen LogP contribution in [0.5, 0.6) is 0 Å². The van der Waals surface area contributed by atoms with Crippen molar-refractivity contribution in [3.05, 3.63) is 63.6 Å². The molecule has 5 heteroatoms. The fourth-order valence-electron chi connectivity index (χ4n) is 2.84. The first-order chi connectivity index (χ1) is 10.5. The normalized spacial score (nSPS) is 14.3. The molecule has 0 amide bonds. The molecule has 0 saturated carbocycles. The summed E-state index contributed by atoms with van der Waals surface area (Å²) in [6.07, 6.45) is 3.15. The Labute approximate surface area is 140 Å². The maximum Gasteiger partial charge on any atom is 0.243 e. The third-order valence-corrected chi connectivity index (χ3v) is 6.70. The first-order valence-electron chi connectivity index (χ1n) is 7.30. The first kappa shape index (κ1) is 15.7. The second kappa shape index (κ2) is 6.14. The van der Waals surface area contributed by atoms with E-state index in [2.05, 4.69) is 15.9 Å². The number of hydrogen-bond acceptors (Lipinski definition) is 2. The SMILES string of the molecule is CN(Cc1ccccc1Br)S(=O)(=O)c1ccc2c(c1)CCC2. The molecule has 0 unspecified atom stereocenters. The third-order valence-electron chi connectivity index (χ3n) is 4.13. The summed E-state index contributed by atoms with van der Waals surface area (Å²) < 4.78 is 27.8. The molecule has 0 saturated heterocycles. The van der Waals surface area contributed by atoms with E-state index in [1.165, 1.54) is 15.4 Å². The van der Waals surface area contributed by atoms with Gasteiger partial charge in [-0.25, -0.2) is 8.42 Å². The van der Waals surface area contributed by atoms with Gasteiger partial charge in [0.1, 0.15) is 0 Å². The van der Waals surface area contributed by atoms with Gasteiger partial charge in [-0.1, -0.05) is 40.2 Å². The molecule has 0 heterocycles. The van der Waals surface area contributed by atoms with Crippen molar-refractivity contribution in [1.29, 1.82) is 0 Å². The van der Waals surface area contributed by atoms with E-state index >= 15 is 0 Å². The lowest BCUT2D eigenvalue weighted by Crippen LogP contribution is -2.26. The molecule has 0 N–H and O–H groups in total. The van der Waals surface area contributed by atoms with E-state index in [9.17, 15) is 8.42 Å². The van der Waals surface area contributed by atoms with Gasteiger partial charge >= 0.3 is 0 Å². The fourth-order valence-corrected chi connectivity index (χ4v) is 4.45. The van der Waals surface area contributed by atoms with Crippen molar-refractivity contribution in [3.63, 3.8) is 0 Å². The minimum Gasteiger partial charge on any atom is -0.207 e. The molecular weight excluding hydrogens is 362 g/mol. The molecule has 2 aromatic carbocycles. The van der Waals surface area contributed by atoms with Crippen molar-refractivity contribution >= 4 is 26.0 Å². The molecule has 3 rings (SSSR count). The van der Waals surface area contributed by atoms with Crippen molar-refractivity contribution in [3.8, 4) is 0 Å². The lowest BCUT2D eigenvalue weighted by Gasteiger charge is -2.18. The second-order valence-corrected chi connectivity index (χ2v) is 8.54. The summed E-state index contributed by atoms with van der Waals surface area (Å²) in [5, 5.41) is 0. The van der Waals surface area contributed by atoms with E-state index in [0.717, 1.165) is 29.3 Å². The molecule has 22 heavy (non-hydrogen) atoms. The number of aryl methyl sites for hydroxylation is 2. The molecule has 0 aliphatic heterocycles. The second-order valence-electron chi connectivity index (χ2n) is 5.64. The maximum atomic E-state index is 12.8. The predicted octanol–water partition coefficient (Wildman–Crippen LogP) is 3.76. The monoisotopic (exact) mass is 379 g/mol. The van der Waals surface area contributed by atoms with Crippen LogP contribution in [0.1, 0.15) is 23.1 Å². The summed E-state index contributed by atoms with van der Waals surface area (Å²) >= 11 is 3.47. The van der Waals surface area contributed by atoms with Crippen molar-refractivity contribution in [2.75, 3.05) is 7.05 Å². The van der Waals surface area contributed by atoms with Crippen molar-refractivity contribution in [2.45, 2.75) is 30.7 Å². The molecule has 2 aromatic rings. The quantitative estimate of drug-likeness (QED) is 0.810. The summed E-state index contributed by atoms with van der Waals surface area (Å²) in [6.45, 7) is 0.348. The van der Waals surface area contributed by atoms with Gasteiger partial charge in [-0.15, -0.1) is 0 Å².